The van der Waals surface area contributed by atoms with Crippen LogP contribution in [0.15, 0.2) is 24.3 Å². The molecule has 1 aromatic rings. The highest BCUT2D eigenvalue weighted by molar-refractivity contribution is 9.10. The van der Waals surface area contributed by atoms with Crippen molar-refractivity contribution in [2.24, 2.45) is 5.73 Å². The van der Waals surface area contributed by atoms with Gasteiger partial charge in [-0.05, 0) is 37.6 Å². The molecule has 0 radical (unpaired) electrons. The molecule has 0 saturated carbocycles. The summed E-state index contributed by atoms with van der Waals surface area (Å²) in [5.74, 6) is -0.652. The van der Waals surface area contributed by atoms with Crippen LogP contribution in [0.5, 0.6) is 0 Å². The maximum absolute atomic E-state index is 11.9. The maximum Gasteiger partial charge on any atom is 0.248 e. The van der Waals surface area contributed by atoms with Crippen LogP contribution in [0.4, 0.5) is 5.69 Å². The summed E-state index contributed by atoms with van der Waals surface area (Å²) in [6.45, 7) is 1.89. The Labute approximate surface area is 120 Å². The average molecular weight is 329 g/mol. The number of ether oxygens (including phenoxy) is 1. The predicted octanol–water partition coefficient (Wildman–Crippen LogP) is 1.91. The zero-order chi connectivity index (χ0) is 14.4. The standard InChI is InChI=1S/C13H17BrN2O3/c1-8(19-2)7-11(14)13(18)16-10-5-3-9(4-6-10)12(15)17/h3-6,8,11H,7H2,1-2H3,(H2,15,17)(H,16,18). The molecule has 0 aliphatic rings. The first-order chi connectivity index (χ1) is 8.93. The number of hydrogen-bond acceptors (Lipinski definition) is 3. The van der Waals surface area contributed by atoms with Crippen molar-refractivity contribution in [1.82, 2.24) is 0 Å². The van der Waals surface area contributed by atoms with Crippen LogP contribution in [0.2, 0.25) is 0 Å². The molecule has 104 valence electrons. The number of carbonyl (C=O) groups excluding carboxylic acids is 2. The first kappa shape index (κ1) is 15.7. The summed E-state index contributed by atoms with van der Waals surface area (Å²) in [5, 5.41) is 2.74. The number of primary amides is 1. The second-order valence-corrected chi connectivity index (χ2v) is 5.29. The van der Waals surface area contributed by atoms with Crippen molar-refractivity contribution in [2.45, 2.75) is 24.3 Å². The van der Waals surface area contributed by atoms with Gasteiger partial charge in [-0.3, -0.25) is 9.59 Å². The molecule has 0 bridgehead atoms. The smallest absolute Gasteiger partial charge is 0.248 e. The molecule has 5 nitrogen and oxygen atoms in total. The van der Waals surface area contributed by atoms with E-state index in [-0.39, 0.29) is 16.8 Å². The van der Waals surface area contributed by atoms with Crippen molar-refractivity contribution < 1.29 is 14.3 Å². The molecule has 2 unspecified atom stereocenters. The Balaban J connectivity index is 2.59. The quantitative estimate of drug-likeness (QED) is 0.782. The normalized spacial score (nSPS) is 13.6. The third kappa shape index (κ3) is 5.00. The van der Waals surface area contributed by atoms with Gasteiger partial charge in [0.15, 0.2) is 0 Å². The number of hydrogen-bond donors (Lipinski definition) is 2. The second kappa shape index (κ2) is 7.25. The van der Waals surface area contributed by atoms with Gasteiger partial charge >= 0.3 is 0 Å². The molecule has 3 N–H and O–H groups in total. The van der Waals surface area contributed by atoms with Crippen LogP contribution in [0.1, 0.15) is 23.7 Å². The summed E-state index contributed by atoms with van der Waals surface area (Å²) in [5.41, 5.74) is 6.16. The third-order valence-electron chi connectivity index (χ3n) is 2.66. The number of nitrogens with one attached hydrogen (secondary N) is 1. The molecule has 0 aliphatic heterocycles. The van der Waals surface area contributed by atoms with Crippen molar-refractivity contribution in [1.29, 1.82) is 0 Å². The van der Waals surface area contributed by atoms with E-state index in [9.17, 15) is 9.59 Å². The lowest BCUT2D eigenvalue weighted by atomic mass is 10.2. The molecule has 2 amide bonds. The summed E-state index contributed by atoms with van der Waals surface area (Å²) >= 11 is 3.31. The van der Waals surface area contributed by atoms with Crippen molar-refractivity contribution >= 4 is 33.4 Å². The van der Waals surface area contributed by atoms with Crippen molar-refractivity contribution in [2.75, 3.05) is 12.4 Å². The lowest BCUT2D eigenvalue weighted by Gasteiger charge is -2.14. The minimum absolute atomic E-state index is 0.00707. The van der Waals surface area contributed by atoms with Crippen molar-refractivity contribution in [3.05, 3.63) is 29.8 Å². The molecule has 0 heterocycles. The van der Waals surface area contributed by atoms with Gasteiger partial charge < -0.3 is 15.8 Å². The molecule has 0 saturated heterocycles. The van der Waals surface area contributed by atoms with E-state index < -0.39 is 5.91 Å². The zero-order valence-corrected chi connectivity index (χ0v) is 12.4. The van der Waals surface area contributed by atoms with Gasteiger partial charge in [-0.1, -0.05) is 15.9 Å². The van der Waals surface area contributed by atoms with Crippen LogP contribution in [-0.2, 0) is 9.53 Å². The number of nitrogens with two attached hydrogens (primary N) is 1. The van der Waals surface area contributed by atoms with Gasteiger partial charge in [0.1, 0.15) is 0 Å². The monoisotopic (exact) mass is 328 g/mol. The van der Waals surface area contributed by atoms with Crippen LogP contribution in [0.25, 0.3) is 0 Å². The molecule has 2 atom stereocenters. The molecule has 6 heteroatoms. The van der Waals surface area contributed by atoms with E-state index in [1.165, 1.54) is 0 Å². The van der Waals surface area contributed by atoms with Crippen molar-refractivity contribution in [3.63, 3.8) is 0 Å². The Morgan fingerprint density at radius 2 is 1.95 bits per heavy atom. The molecular weight excluding hydrogens is 312 g/mol. The largest absolute Gasteiger partial charge is 0.382 e. The highest BCUT2D eigenvalue weighted by Gasteiger charge is 2.18. The fourth-order valence-electron chi connectivity index (χ4n) is 1.43. The summed E-state index contributed by atoms with van der Waals surface area (Å²) in [7, 11) is 1.60. The lowest BCUT2D eigenvalue weighted by Crippen LogP contribution is -2.26. The summed E-state index contributed by atoms with van der Waals surface area (Å²) in [4.78, 5) is 22.5. The fraction of sp³-hybridized carbons (Fsp3) is 0.385. The number of alkyl halides is 1. The molecule has 0 aromatic heterocycles. The predicted molar refractivity (Wildman–Crippen MR) is 77.4 cm³/mol. The van der Waals surface area contributed by atoms with Crippen molar-refractivity contribution in [3.8, 4) is 0 Å². The van der Waals surface area contributed by atoms with Gasteiger partial charge in [-0.15, -0.1) is 0 Å². The highest BCUT2D eigenvalue weighted by Crippen LogP contribution is 2.15. The van der Waals surface area contributed by atoms with Gasteiger partial charge in [0.05, 0.1) is 10.9 Å². The van der Waals surface area contributed by atoms with Gasteiger partial charge in [-0.25, -0.2) is 0 Å². The van der Waals surface area contributed by atoms with Gasteiger partial charge in [0.2, 0.25) is 11.8 Å². The Morgan fingerprint density at radius 3 is 2.42 bits per heavy atom. The first-order valence-corrected chi connectivity index (χ1v) is 6.73. The molecule has 0 aliphatic carbocycles. The number of rotatable bonds is 6. The van der Waals surface area contributed by atoms with Crippen LogP contribution in [-0.4, -0.2) is 29.9 Å². The molecule has 1 aromatic carbocycles. The number of benzene rings is 1. The minimum atomic E-state index is -0.495. The van der Waals surface area contributed by atoms with Crippen LogP contribution >= 0.6 is 15.9 Å². The Bertz CT molecular complexity index is 448. The maximum atomic E-state index is 11.9. The lowest BCUT2D eigenvalue weighted by molar-refractivity contribution is -0.116. The minimum Gasteiger partial charge on any atom is -0.382 e. The Hall–Kier alpha value is -1.40. The SMILES string of the molecule is COC(C)CC(Br)C(=O)Nc1ccc(C(N)=O)cc1. The number of amides is 2. The van der Waals surface area contributed by atoms with E-state index in [0.29, 0.717) is 17.7 Å². The Morgan fingerprint density at radius 1 is 1.37 bits per heavy atom. The van der Waals surface area contributed by atoms with E-state index in [2.05, 4.69) is 21.2 Å². The number of methoxy groups -OCH3 is 1. The first-order valence-electron chi connectivity index (χ1n) is 5.81. The molecule has 0 spiro atoms. The molecule has 0 fully saturated rings. The van der Waals surface area contributed by atoms with E-state index in [4.69, 9.17) is 10.5 Å². The van der Waals surface area contributed by atoms with Crippen LogP contribution < -0.4 is 11.1 Å². The van der Waals surface area contributed by atoms with Gasteiger partial charge in [0.25, 0.3) is 0 Å². The average Bonchev–Trinajstić information content (AvgIpc) is 2.38. The summed E-state index contributed by atoms with van der Waals surface area (Å²) in [6.07, 6.45) is 0.564. The number of halogens is 1. The topological polar surface area (TPSA) is 81.4 Å². The third-order valence-corrected chi connectivity index (χ3v) is 3.45. The summed E-state index contributed by atoms with van der Waals surface area (Å²) in [6, 6.07) is 6.41. The summed E-state index contributed by atoms with van der Waals surface area (Å²) < 4.78 is 5.10. The number of anilines is 1. The molecule has 1 rings (SSSR count). The zero-order valence-electron chi connectivity index (χ0n) is 10.9. The molecule has 19 heavy (non-hydrogen) atoms. The highest BCUT2D eigenvalue weighted by atomic mass is 79.9. The molecular formula is C13H17BrN2O3. The van der Waals surface area contributed by atoms with E-state index >= 15 is 0 Å². The van der Waals surface area contributed by atoms with E-state index in [0.717, 1.165) is 0 Å². The van der Waals surface area contributed by atoms with Gasteiger partial charge in [0, 0.05) is 18.4 Å². The van der Waals surface area contributed by atoms with E-state index in [1.807, 2.05) is 6.92 Å². The number of carbonyl (C=O) groups is 2. The Kier molecular flexibility index (Phi) is 5.98. The fourth-order valence-corrected chi connectivity index (χ4v) is 2.07. The van der Waals surface area contributed by atoms with Crippen LogP contribution in [0, 0.1) is 0 Å². The van der Waals surface area contributed by atoms with E-state index in [1.54, 1.807) is 31.4 Å². The second-order valence-electron chi connectivity index (χ2n) is 4.18. The van der Waals surface area contributed by atoms with Crippen LogP contribution in [0.3, 0.4) is 0 Å². The van der Waals surface area contributed by atoms with Gasteiger partial charge in [-0.2, -0.15) is 0 Å².